The fourth-order valence-electron chi connectivity index (χ4n) is 3.14. The monoisotopic (exact) mass is 385 g/mol. The van der Waals surface area contributed by atoms with Gasteiger partial charge in [0.25, 0.3) is 0 Å². The first-order chi connectivity index (χ1) is 13.5. The van der Waals surface area contributed by atoms with Crippen molar-refractivity contribution in [2.45, 2.75) is 19.4 Å². The number of ether oxygens (including phenoxy) is 1. The van der Waals surface area contributed by atoms with Gasteiger partial charge in [-0.25, -0.2) is 13.2 Å². The van der Waals surface area contributed by atoms with E-state index in [2.05, 4.69) is 5.32 Å². The Balaban J connectivity index is 1.61. The van der Waals surface area contributed by atoms with Gasteiger partial charge in [-0.3, -0.25) is 0 Å². The van der Waals surface area contributed by atoms with E-state index in [1.54, 1.807) is 7.11 Å². The van der Waals surface area contributed by atoms with Crippen LogP contribution in [0, 0.1) is 17.5 Å². The number of para-hydroxylation sites is 1. The molecule has 0 bridgehead atoms. The molecule has 1 N–H and O–H groups in total. The third-order valence-corrected chi connectivity index (χ3v) is 4.74. The van der Waals surface area contributed by atoms with Crippen molar-refractivity contribution in [2.75, 3.05) is 13.7 Å². The van der Waals surface area contributed by atoms with Crippen molar-refractivity contribution in [1.82, 2.24) is 5.32 Å². The maximum absolute atomic E-state index is 13.3. The smallest absolute Gasteiger partial charge is 0.194 e. The van der Waals surface area contributed by atoms with E-state index in [1.165, 1.54) is 0 Å². The average molecular weight is 385 g/mol. The molecule has 3 rings (SSSR count). The fourth-order valence-corrected chi connectivity index (χ4v) is 3.14. The van der Waals surface area contributed by atoms with Crippen LogP contribution in [0.3, 0.4) is 0 Å². The highest BCUT2D eigenvalue weighted by molar-refractivity contribution is 5.70. The van der Waals surface area contributed by atoms with Gasteiger partial charge in [0.15, 0.2) is 17.5 Å². The van der Waals surface area contributed by atoms with Crippen LogP contribution in [0.15, 0.2) is 60.7 Å². The summed E-state index contributed by atoms with van der Waals surface area (Å²) in [6, 6.07) is 18.1. The molecule has 0 aliphatic rings. The Morgan fingerprint density at radius 2 is 1.57 bits per heavy atom. The van der Waals surface area contributed by atoms with E-state index >= 15 is 0 Å². The van der Waals surface area contributed by atoms with Crippen molar-refractivity contribution >= 4 is 0 Å². The molecule has 0 saturated carbocycles. The van der Waals surface area contributed by atoms with Gasteiger partial charge < -0.3 is 10.1 Å². The van der Waals surface area contributed by atoms with Crippen LogP contribution in [-0.4, -0.2) is 13.7 Å². The number of nitrogens with one attached hydrogen (secondary N) is 1. The summed E-state index contributed by atoms with van der Waals surface area (Å²) in [6.45, 7) is 2.53. The lowest BCUT2D eigenvalue weighted by Gasteiger charge is -2.15. The summed E-state index contributed by atoms with van der Waals surface area (Å²) in [7, 11) is 1.65. The molecule has 146 valence electrons. The van der Waals surface area contributed by atoms with Crippen molar-refractivity contribution in [2.24, 2.45) is 0 Å². The summed E-state index contributed by atoms with van der Waals surface area (Å²) >= 11 is 0. The standard InChI is InChI=1S/C23H22F3NO/c1-15(27-12-11-16-13-20(24)23(26)21(25)14-16)17-7-9-18(10-8-17)19-5-3-4-6-22(19)28-2/h3-10,13-15,27H,11-12H2,1-2H3. The lowest BCUT2D eigenvalue weighted by Crippen LogP contribution is -2.21. The molecule has 0 fully saturated rings. The molecule has 0 aliphatic carbocycles. The first-order valence-corrected chi connectivity index (χ1v) is 9.09. The molecule has 3 aromatic carbocycles. The fraction of sp³-hybridized carbons (Fsp3) is 0.217. The molecule has 0 aliphatic heterocycles. The zero-order valence-corrected chi connectivity index (χ0v) is 15.8. The normalized spacial score (nSPS) is 12.0. The van der Waals surface area contributed by atoms with E-state index in [-0.39, 0.29) is 6.04 Å². The number of halogens is 3. The minimum atomic E-state index is -1.43. The summed E-state index contributed by atoms with van der Waals surface area (Å²) < 4.78 is 45.0. The van der Waals surface area contributed by atoms with Gasteiger partial charge in [-0.1, -0.05) is 42.5 Å². The van der Waals surface area contributed by atoms with Gasteiger partial charge in [0.05, 0.1) is 7.11 Å². The van der Waals surface area contributed by atoms with Crippen LogP contribution in [-0.2, 0) is 6.42 Å². The van der Waals surface area contributed by atoms with E-state index < -0.39 is 17.5 Å². The van der Waals surface area contributed by atoms with E-state index in [1.807, 2.05) is 55.5 Å². The molecule has 2 nitrogen and oxygen atoms in total. The van der Waals surface area contributed by atoms with Gasteiger partial charge in [-0.15, -0.1) is 0 Å². The highest BCUT2D eigenvalue weighted by atomic mass is 19.2. The second kappa shape index (κ2) is 8.93. The molecule has 28 heavy (non-hydrogen) atoms. The Bertz CT molecular complexity index is 918. The first-order valence-electron chi connectivity index (χ1n) is 9.09. The summed E-state index contributed by atoms with van der Waals surface area (Å²) in [6.07, 6.45) is 0.401. The molecule has 1 atom stereocenters. The van der Waals surface area contributed by atoms with Crippen molar-refractivity contribution in [3.63, 3.8) is 0 Å². The van der Waals surface area contributed by atoms with Gasteiger partial charge in [-0.2, -0.15) is 0 Å². The number of rotatable bonds is 7. The second-order valence-electron chi connectivity index (χ2n) is 6.62. The molecule has 0 radical (unpaired) electrons. The summed E-state index contributed by atoms with van der Waals surface area (Å²) in [4.78, 5) is 0. The minimum absolute atomic E-state index is 0.0573. The van der Waals surface area contributed by atoms with E-state index in [4.69, 9.17) is 4.74 Å². The quantitative estimate of drug-likeness (QED) is 0.529. The van der Waals surface area contributed by atoms with Crippen LogP contribution < -0.4 is 10.1 Å². The lowest BCUT2D eigenvalue weighted by molar-refractivity contribution is 0.416. The Hall–Kier alpha value is -2.79. The van der Waals surface area contributed by atoms with Crippen molar-refractivity contribution < 1.29 is 17.9 Å². The highest BCUT2D eigenvalue weighted by Crippen LogP contribution is 2.30. The zero-order valence-electron chi connectivity index (χ0n) is 15.8. The Labute approximate surface area is 163 Å². The van der Waals surface area contributed by atoms with Crippen molar-refractivity contribution in [3.8, 4) is 16.9 Å². The topological polar surface area (TPSA) is 21.3 Å². The van der Waals surface area contributed by atoms with Gasteiger partial charge in [0.2, 0.25) is 0 Å². The SMILES string of the molecule is COc1ccccc1-c1ccc(C(C)NCCc2cc(F)c(F)c(F)c2)cc1. The molecular weight excluding hydrogens is 363 g/mol. The Morgan fingerprint density at radius 3 is 2.21 bits per heavy atom. The minimum Gasteiger partial charge on any atom is -0.496 e. The van der Waals surface area contributed by atoms with Crippen LogP contribution in [0.2, 0.25) is 0 Å². The number of benzene rings is 3. The third-order valence-electron chi connectivity index (χ3n) is 4.74. The van der Waals surface area contributed by atoms with Crippen molar-refractivity contribution in [1.29, 1.82) is 0 Å². The van der Waals surface area contributed by atoms with Crippen molar-refractivity contribution in [3.05, 3.63) is 89.2 Å². The highest BCUT2D eigenvalue weighted by Gasteiger charge is 2.11. The summed E-state index contributed by atoms with van der Waals surface area (Å²) in [5.74, 6) is -2.93. The van der Waals surface area contributed by atoms with Crippen LogP contribution >= 0.6 is 0 Å². The molecule has 0 heterocycles. The molecule has 0 saturated heterocycles. The van der Waals surface area contributed by atoms with Crippen LogP contribution in [0.5, 0.6) is 5.75 Å². The number of hydrogen-bond acceptors (Lipinski definition) is 2. The van der Waals surface area contributed by atoms with Gasteiger partial charge >= 0.3 is 0 Å². The van der Waals surface area contributed by atoms with E-state index in [9.17, 15) is 13.2 Å². The largest absolute Gasteiger partial charge is 0.496 e. The molecule has 0 amide bonds. The number of hydrogen-bond donors (Lipinski definition) is 1. The molecule has 5 heteroatoms. The molecular formula is C23H22F3NO. The average Bonchev–Trinajstić information content (AvgIpc) is 2.72. The Kier molecular flexibility index (Phi) is 6.37. The van der Waals surface area contributed by atoms with Crippen LogP contribution in [0.4, 0.5) is 13.2 Å². The molecule has 0 spiro atoms. The first kappa shape index (κ1) is 20.0. The Morgan fingerprint density at radius 1 is 0.929 bits per heavy atom. The summed E-state index contributed by atoms with van der Waals surface area (Å²) in [5, 5.41) is 3.32. The predicted octanol–water partition coefficient (Wildman–Crippen LogP) is 5.67. The predicted molar refractivity (Wildman–Crippen MR) is 105 cm³/mol. The van der Waals surface area contributed by atoms with Gasteiger partial charge in [-0.05, 0) is 54.8 Å². The maximum atomic E-state index is 13.3. The maximum Gasteiger partial charge on any atom is 0.194 e. The summed E-state index contributed by atoms with van der Waals surface area (Å²) in [5.41, 5.74) is 3.60. The van der Waals surface area contributed by atoms with Gasteiger partial charge in [0, 0.05) is 11.6 Å². The third kappa shape index (κ3) is 4.54. The zero-order chi connectivity index (χ0) is 20.1. The van der Waals surface area contributed by atoms with E-state index in [0.29, 0.717) is 18.5 Å². The van der Waals surface area contributed by atoms with Gasteiger partial charge in [0.1, 0.15) is 5.75 Å². The van der Waals surface area contributed by atoms with Crippen LogP contribution in [0.1, 0.15) is 24.1 Å². The molecule has 3 aromatic rings. The molecule has 0 aromatic heterocycles. The second-order valence-corrected chi connectivity index (χ2v) is 6.62. The lowest BCUT2D eigenvalue weighted by atomic mass is 10.0. The van der Waals surface area contributed by atoms with E-state index in [0.717, 1.165) is 34.6 Å². The number of methoxy groups -OCH3 is 1. The molecule has 1 unspecified atom stereocenters. The van der Waals surface area contributed by atoms with Crippen LogP contribution in [0.25, 0.3) is 11.1 Å².